The molecule has 31 heavy (non-hydrogen) atoms. The van der Waals surface area contributed by atoms with Gasteiger partial charge in [-0.3, -0.25) is 4.79 Å². The predicted octanol–water partition coefficient (Wildman–Crippen LogP) is 2.14. The Morgan fingerprint density at radius 2 is 1.94 bits per heavy atom. The molecule has 2 aromatic rings. The Morgan fingerprint density at radius 1 is 1.19 bits per heavy atom. The van der Waals surface area contributed by atoms with E-state index in [4.69, 9.17) is 4.74 Å². The number of carbonyl (C=O) groups excluding carboxylic acids is 1. The Kier molecular flexibility index (Phi) is 7.77. The van der Waals surface area contributed by atoms with Crippen molar-refractivity contribution >= 4 is 15.9 Å². The van der Waals surface area contributed by atoms with Crippen molar-refractivity contribution in [2.24, 2.45) is 0 Å². The first kappa shape index (κ1) is 23.3. The zero-order valence-electron chi connectivity index (χ0n) is 17.3. The maximum absolute atomic E-state index is 13.3. The first-order valence-electron chi connectivity index (χ1n) is 10.2. The van der Waals surface area contributed by atoms with Gasteiger partial charge < -0.3 is 15.2 Å². The number of hydrogen-bond acceptors (Lipinski definition) is 5. The number of sulfonamides is 1. The fourth-order valence-corrected chi connectivity index (χ4v) is 4.59. The summed E-state index contributed by atoms with van der Waals surface area (Å²) in [7, 11) is -3.60. The number of nitrogens with one attached hydrogen (secondary N) is 2. The number of halogens is 1. The monoisotopic (exact) mass is 450 g/mol. The zero-order valence-corrected chi connectivity index (χ0v) is 18.1. The summed E-state index contributed by atoms with van der Waals surface area (Å²) >= 11 is 0. The zero-order chi connectivity index (χ0) is 22.4. The molecule has 2 aromatic carbocycles. The van der Waals surface area contributed by atoms with Crippen molar-refractivity contribution in [1.29, 1.82) is 0 Å². The van der Waals surface area contributed by atoms with Gasteiger partial charge in [0.05, 0.1) is 23.6 Å². The maximum Gasteiger partial charge on any atom is 0.251 e. The van der Waals surface area contributed by atoms with E-state index >= 15 is 0 Å². The van der Waals surface area contributed by atoms with Gasteiger partial charge in [0.25, 0.3) is 5.91 Å². The van der Waals surface area contributed by atoms with Crippen LogP contribution in [0.3, 0.4) is 0 Å². The molecule has 1 fully saturated rings. The highest BCUT2D eigenvalue weighted by atomic mass is 32.2. The first-order chi connectivity index (χ1) is 14.8. The van der Waals surface area contributed by atoms with Crippen LogP contribution in [0.1, 0.15) is 35.2 Å². The van der Waals surface area contributed by atoms with Crippen LogP contribution in [0.2, 0.25) is 0 Å². The third-order valence-corrected chi connectivity index (χ3v) is 6.77. The summed E-state index contributed by atoms with van der Waals surface area (Å²) in [6.07, 6.45) is 0.718. The minimum absolute atomic E-state index is 0.194. The van der Waals surface area contributed by atoms with E-state index in [0.717, 1.165) is 11.6 Å². The lowest BCUT2D eigenvalue weighted by atomic mass is 9.97. The Labute approximate surface area is 181 Å². The van der Waals surface area contributed by atoms with E-state index < -0.39 is 33.9 Å². The topological polar surface area (TPSA) is 105 Å². The summed E-state index contributed by atoms with van der Waals surface area (Å²) in [5, 5.41) is 12.5. The highest BCUT2D eigenvalue weighted by Crippen LogP contribution is 2.22. The van der Waals surface area contributed by atoms with Crippen molar-refractivity contribution in [3.05, 3.63) is 65.5 Å². The third kappa shape index (κ3) is 6.33. The standard InChI is InChI=1S/C22H27FN2O5S/c1-15-5-8-19(9-6-15)31(28,29)24-12-11-18-7-10-20(21(14-26)30-18)25-22(27)16-3-2-4-17(23)13-16/h2-6,8-9,13,18,20-21,24,26H,7,10-12,14H2,1H3,(H,25,27)/t18-,20-,21+/m1/s1. The summed E-state index contributed by atoms with van der Waals surface area (Å²) in [5.41, 5.74) is 1.17. The van der Waals surface area contributed by atoms with E-state index in [-0.39, 0.29) is 29.7 Å². The molecule has 9 heteroatoms. The molecule has 7 nitrogen and oxygen atoms in total. The van der Waals surface area contributed by atoms with Crippen molar-refractivity contribution < 1.29 is 27.4 Å². The van der Waals surface area contributed by atoms with Crippen LogP contribution in [0.5, 0.6) is 0 Å². The summed E-state index contributed by atoms with van der Waals surface area (Å²) < 4.78 is 46.5. The fourth-order valence-electron chi connectivity index (χ4n) is 3.55. The number of benzene rings is 2. The largest absolute Gasteiger partial charge is 0.394 e. The molecule has 3 N–H and O–H groups in total. The second kappa shape index (κ2) is 10.3. The lowest BCUT2D eigenvalue weighted by Gasteiger charge is -2.36. The number of rotatable bonds is 8. The molecule has 1 heterocycles. The molecule has 3 atom stereocenters. The van der Waals surface area contributed by atoms with Crippen molar-refractivity contribution in [3.8, 4) is 0 Å². The number of carbonyl (C=O) groups is 1. The van der Waals surface area contributed by atoms with Crippen LogP contribution >= 0.6 is 0 Å². The van der Waals surface area contributed by atoms with Crippen molar-refractivity contribution in [1.82, 2.24) is 10.0 Å². The van der Waals surface area contributed by atoms with Crippen molar-refractivity contribution in [2.45, 2.75) is 49.3 Å². The average Bonchev–Trinajstić information content (AvgIpc) is 2.74. The second-order valence-corrected chi connectivity index (χ2v) is 9.41. The van der Waals surface area contributed by atoms with Gasteiger partial charge in [0, 0.05) is 12.1 Å². The predicted molar refractivity (Wildman–Crippen MR) is 114 cm³/mol. The van der Waals surface area contributed by atoms with Crippen molar-refractivity contribution in [2.75, 3.05) is 13.2 Å². The lowest BCUT2D eigenvalue weighted by molar-refractivity contribution is -0.0891. The van der Waals surface area contributed by atoms with Gasteiger partial charge in [-0.25, -0.2) is 17.5 Å². The molecule has 0 spiro atoms. The minimum atomic E-state index is -3.60. The Balaban J connectivity index is 1.50. The van der Waals surface area contributed by atoms with Crippen LogP contribution in [0.4, 0.5) is 4.39 Å². The van der Waals surface area contributed by atoms with E-state index in [9.17, 15) is 22.7 Å². The molecule has 168 valence electrons. The van der Waals surface area contributed by atoms with E-state index in [0.29, 0.717) is 19.3 Å². The minimum Gasteiger partial charge on any atom is -0.394 e. The molecule has 0 saturated carbocycles. The van der Waals surface area contributed by atoms with Gasteiger partial charge in [-0.2, -0.15) is 0 Å². The van der Waals surface area contributed by atoms with Gasteiger partial charge >= 0.3 is 0 Å². The Hall–Kier alpha value is -2.33. The molecular formula is C22H27FN2O5S. The van der Waals surface area contributed by atoms with Gasteiger partial charge in [0.15, 0.2) is 0 Å². The second-order valence-electron chi connectivity index (χ2n) is 7.65. The smallest absolute Gasteiger partial charge is 0.251 e. The van der Waals surface area contributed by atoms with Gasteiger partial charge in [0.2, 0.25) is 10.0 Å². The van der Waals surface area contributed by atoms with Crippen LogP contribution in [-0.2, 0) is 14.8 Å². The fraction of sp³-hybridized carbons (Fsp3) is 0.409. The van der Waals surface area contributed by atoms with Crippen LogP contribution in [-0.4, -0.2) is 50.8 Å². The third-order valence-electron chi connectivity index (χ3n) is 5.29. The molecule has 1 aliphatic heterocycles. The number of amides is 1. The van der Waals surface area contributed by atoms with E-state index in [2.05, 4.69) is 10.0 Å². The van der Waals surface area contributed by atoms with Gasteiger partial charge in [-0.1, -0.05) is 23.8 Å². The molecular weight excluding hydrogens is 423 g/mol. The van der Waals surface area contributed by atoms with Gasteiger partial charge in [-0.05, 0) is 56.5 Å². The lowest BCUT2D eigenvalue weighted by Crippen LogP contribution is -2.51. The highest BCUT2D eigenvalue weighted by molar-refractivity contribution is 7.89. The molecule has 0 aliphatic carbocycles. The SMILES string of the molecule is Cc1ccc(S(=O)(=O)NCC[C@H]2CC[C@@H](NC(=O)c3cccc(F)c3)[C@H](CO)O2)cc1. The number of hydrogen-bond donors (Lipinski definition) is 3. The highest BCUT2D eigenvalue weighted by Gasteiger charge is 2.32. The van der Waals surface area contributed by atoms with Crippen LogP contribution in [0.15, 0.2) is 53.4 Å². The Bertz CT molecular complexity index is 997. The van der Waals surface area contributed by atoms with Crippen LogP contribution in [0, 0.1) is 12.7 Å². The molecule has 3 rings (SSSR count). The molecule has 0 bridgehead atoms. The quantitative estimate of drug-likeness (QED) is 0.572. The molecule has 0 aromatic heterocycles. The normalized spacial score (nSPS) is 21.6. The Morgan fingerprint density at radius 3 is 2.61 bits per heavy atom. The van der Waals surface area contributed by atoms with Crippen molar-refractivity contribution in [3.63, 3.8) is 0 Å². The maximum atomic E-state index is 13.3. The van der Waals surface area contributed by atoms with E-state index in [1.807, 2.05) is 6.92 Å². The number of aryl methyl sites for hydroxylation is 1. The summed E-state index contributed by atoms with van der Waals surface area (Å²) in [4.78, 5) is 12.6. The van der Waals surface area contributed by atoms with Gasteiger partial charge in [-0.15, -0.1) is 0 Å². The molecule has 0 unspecified atom stereocenters. The summed E-state index contributed by atoms with van der Waals surface area (Å²) in [5.74, 6) is -0.935. The molecule has 1 aliphatic rings. The summed E-state index contributed by atoms with van der Waals surface area (Å²) in [6.45, 7) is 1.79. The molecule has 0 radical (unpaired) electrons. The number of aliphatic hydroxyl groups excluding tert-OH is 1. The molecule has 1 amide bonds. The summed E-state index contributed by atoms with van der Waals surface area (Å²) in [6, 6.07) is 11.6. The number of aliphatic hydroxyl groups is 1. The van der Waals surface area contributed by atoms with E-state index in [1.165, 1.54) is 18.2 Å². The number of ether oxygens (including phenoxy) is 1. The van der Waals surface area contributed by atoms with Crippen LogP contribution in [0.25, 0.3) is 0 Å². The van der Waals surface area contributed by atoms with Gasteiger partial charge in [0.1, 0.15) is 11.9 Å². The molecule has 1 saturated heterocycles. The average molecular weight is 451 g/mol. The first-order valence-corrected chi connectivity index (χ1v) is 11.7. The van der Waals surface area contributed by atoms with E-state index in [1.54, 1.807) is 24.3 Å². The van der Waals surface area contributed by atoms with Crippen LogP contribution < -0.4 is 10.0 Å².